The van der Waals surface area contributed by atoms with E-state index in [0.29, 0.717) is 23.1 Å². The van der Waals surface area contributed by atoms with Crippen molar-refractivity contribution < 1.29 is 9.31 Å². The molecule has 0 heterocycles. The normalized spacial score (nSPS) is 10.5. The van der Waals surface area contributed by atoms with Crippen LogP contribution in [0.2, 0.25) is 0 Å². The second-order valence-electron chi connectivity index (χ2n) is 4.20. The SMILES string of the molecule is O=[N+]([O-])c1cccc(CNCc2ccccc2F)c1Br. The summed E-state index contributed by atoms with van der Waals surface area (Å²) in [7, 11) is 0. The van der Waals surface area contributed by atoms with Gasteiger partial charge in [0.05, 0.1) is 9.40 Å². The predicted molar refractivity (Wildman–Crippen MR) is 77.7 cm³/mol. The lowest BCUT2D eigenvalue weighted by atomic mass is 10.2. The van der Waals surface area contributed by atoms with Gasteiger partial charge in [-0.15, -0.1) is 0 Å². The molecule has 0 saturated carbocycles. The highest BCUT2D eigenvalue weighted by molar-refractivity contribution is 9.10. The van der Waals surface area contributed by atoms with Crippen molar-refractivity contribution in [2.45, 2.75) is 13.1 Å². The Morgan fingerprint density at radius 1 is 1.10 bits per heavy atom. The second kappa shape index (κ2) is 6.58. The van der Waals surface area contributed by atoms with E-state index in [2.05, 4.69) is 21.2 Å². The molecule has 0 aliphatic heterocycles. The Labute approximate surface area is 123 Å². The molecular weight excluding hydrogens is 327 g/mol. The highest BCUT2D eigenvalue weighted by Crippen LogP contribution is 2.28. The summed E-state index contributed by atoms with van der Waals surface area (Å²) in [6, 6.07) is 11.4. The Kier molecular flexibility index (Phi) is 4.81. The molecule has 6 heteroatoms. The van der Waals surface area contributed by atoms with Crippen LogP contribution in [0.1, 0.15) is 11.1 Å². The van der Waals surface area contributed by atoms with Crippen LogP contribution in [0.25, 0.3) is 0 Å². The lowest BCUT2D eigenvalue weighted by molar-refractivity contribution is -0.385. The van der Waals surface area contributed by atoms with Crippen LogP contribution in [0.4, 0.5) is 10.1 Å². The predicted octanol–water partition coefficient (Wildman–Crippen LogP) is 3.79. The van der Waals surface area contributed by atoms with Crippen LogP contribution < -0.4 is 5.32 Å². The Morgan fingerprint density at radius 2 is 1.75 bits per heavy atom. The van der Waals surface area contributed by atoms with Crippen LogP contribution in [0.15, 0.2) is 46.9 Å². The van der Waals surface area contributed by atoms with Crippen LogP contribution in [0, 0.1) is 15.9 Å². The number of hydrogen-bond donors (Lipinski definition) is 1. The molecule has 1 N–H and O–H groups in total. The average Bonchev–Trinajstić information content (AvgIpc) is 2.42. The maximum Gasteiger partial charge on any atom is 0.283 e. The highest BCUT2D eigenvalue weighted by Gasteiger charge is 2.14. The number of nitrogens with one attached hydrogen (secondary N) is 1. The molecule has 4 nitrogen and oxygen atoms in total. The first kappa shape index (κ1) is 14.6. The fourth-order valence-corrected chi connectivity index (χ4v) is 2.37. The van der Waals surface area contributed by atoms with Crippen LogP contribution in [0.5, 0.6) is 0 Å². The van der Waals surface area contributed by atoms with Crippen molar-refractivity contribution in [1.29, 1.82) is 0 Å². The van der Waals surface area contributed by atoms with E-state index in [1.54, 1.807) is 30.3 Å². The standard InChI is InChI=1S/C14H12BrFN2O2/c15-14-11(5-3-7-13(14)18(19)20)9-17-8-10-4-1-2-6-12(10)16/h1-7,17H,8-9H2. The zero-order valence-corrected chi connectivity index (χ0v) is 12.1. The van der Waals surface area contributed by atoms with Gasteiger partial charge in [-0.1, -0.05) is 30.3 Å². The zero-order chi connectivity index (χ0) is 14.5. The van der Waals surface area contributed by atoms with Crippen LogP contribution >= 0.6 is 15.9 Å². The molecule has 0 aliphatic carbocycles. The largest absolute Gasteiger partial charge is 0.308 e. The summed E-state index contributed by atoms with van der Waals surface area (Å²) in [6.45, 7) is 0.776. The molecule has 2 rings (SSSR count). The van der Waals surface area contributed by atoms with E-state index in [1.165, 1.54) is 12.1 Å². The molecule has 104 valence electrons. The molecule has 0 spiro atoms. The van der Waals surface area contributed by atoms with Gasteiger partial charge in [-0.2, -0.15) is 0 Å². The van der Waals surface area contributed by atoms with Gasteiger partial charge in [0.25, 0.3) is 5.69 Å². The third kappa shape index (κ3) is 3.40. The lowest BCUT2D eigenvalue weighted by Crippen LogP contribution is -2.14. The summed E-state index contributed by atoms with van der Waals surface area (Å²) in [5.74, 6) is -0.266. The smallest absolute Gasteiger partial charge is 0.283 e. The molecular formula is C14H12BrFN2O2. The van der Waals surface area contributed by atoms with Gasteiger partial charge >= 0.3 is 0 Å². The lowest BCUT2D eigenvalue weighted by Gasteiger charge is -2.08. The van der Waals surface area contributed by atoms with Crippen LogP contribution in [-0.2, 0) is 13.1 Å². The van der Waals surface area contributed by atoms with Crippen molar-refractivity contribution in [2.24, 2.45) is 0 Å². The molecule has 0 atom stereocenters. The van der Waals surface area contributed by atoms with E-state index in [1.807, 2.05) is 0 Å². The van der Waals surface area contributed by atoms with Crippen molar-refractivity contribution in [3.05, 3.63) is 74.0 Å². The van der Waals surface area contributed by atoms with Crippen molar-refractivity contribution >= 4 is 21.6 Å². The number of hydrogen-bond acceptors (Lipinski definition) is 3. The van der Waals surface area contributed by atoms with Gasteiger partial charge in [-0.05, 0) is 27.6 Å². The number of benzene rings is 2. The maximum atomic E-state index is 13.4. The molecule has 0 radical (unpaired) electrons. The van der Waals surface area contributed by atoms with E-state index in [4.69, 9.17) is 0 Å². The topological polar surface area (TPSA) is 55.2 Å². The summed E-state index contributed by atoms with van der Waals surface area (Å²) >= 11 is 3.23. The Morgan fingerprint density at radius 3 is 2.45 bits per heavy atom. The minimum atomic E-state index is -0.440. The number of halogens is 2. The average molecular weight is 339 g/mol. The van der Waals surface area contributed by atoms with Crippen LogP contribution in [-0.4, -0.2) is 4.92 Å². The number of nitro benzene ring substituents is 1. The molecule has 20 heavy (non-hydrogen) atoms. The van der Waals surface area contributed by atoms with Crippen molar-refractivity contribution in [2.75, 3.05) is 0 Å². The Bertz CT molecular complexity index is 634. The molecule has 0 fully saturated rings. The van der Waals surface area contributed by atoms with Gasteiger partial charge < -0.3 is 5.32 Å². The molecule has 0 unspecified atom stereocenters. The first-order valence-corrected chi connectivity index (χ1v) is 6.75. The van der Waals surface area contributed by atoms with E-state index in [9.17, 15) is 14.5 Å². The van der Waals surface area contributed by atoms with E-state index >= 15 is 0 Å². The molecule has 0 amide bonds. The number of nitrogens with zero attached hydrogens (tertiary/aromatic N) is 1. The number of nitro groups is 1. The van der Waals surface area contributed by atoms with Gasteiger partial charge in [0.2, 0.25) is 0 Å². The highest BCUT2D eigenvalue weighted by atomic mass is 79.9. The second-order valence-corrected chi connectivity index (χ2v) is 5.00. The maximum absolute atomic E-state index is 13.4. The summed E-state index contributed by atoms with van der Waals surface area (Å²) in [5, 5.41) is 13.9. The first-order chi connectivity index (χ1) is 9.59. The molecule has 0 bridgehead atoms. The van der Waals surface area contributed by atoms with E-state index in [0.717, 1.165) is 5.56 Å². The minimum absolute atomic E-state index is 0.0233. The molecule has 2 aromatic carbocycles. The van der Waals surface area contributed by atoms with Gasteiger partial charge in [-0.3, -0.25) is 10.1 Å². The monoisotopic (exact) mass is 338 g/mol. The zero-order valence-electron chi connectivity index (χ0n) is 10.5. The number of rotatable bonds is 5. The Balaban J connectivity index is 2.03. The fraction of sp³-hybridized carbons (Fsp3) is 0.143. The van der Waals surface area contributed by atoms with Crippen molar-refractivity contribution in [3.63, 3.8) is 0 Å². The van der Waals surface area contributed by atoms with Gasteiger partial charge in [-0.25, -0.2) is 4.39 Å². The van der Waals surface area contributed by atoms with Crippen molar-refractivity contribution in [1.82, 2.24) is 5.32 Å². The first-order valence-electron chi connectivity index (χ1n) is 5.95. The fourth-order valence-electron chi connectivity index (χ4n) is 1.82. The third-order valence-electron chi connectivity index (χ3n) is 2.84. The Hall–Kier alpha value is -1.79. The van der Waals surface area contributed by atoms with Gasteiger partial charge in [0.1, 0.15) is 5.82 Å². The van der Waals surface area contributed by atoms with Gasteiger partial charge in [0.15, 0.2) is 0 Å². The molecule has 2 aromatic rings. The summed E-state index contributed by atoms with van der Waals surface area (Å²) < 4.78 is 13.9. The van der Waals surface area contributed by atoms with E-state index < -0.39 is 4.92 Å². The molecule has 0 aliphatic rings. The van der Waals surface area contributed by atoms with Crippen molar-refractivity contribution in [3.8, 4) is 0 Å². The molecule has 0 saturated heterocycles. The quantitative estimate of drug-likeness (QED) is 0.666. The summed E-state index contributed by atoms with van der Waals surface area (Å²) in [6.07, 6.45) is 0. The van der Waals surface area contributed by atoms with Crippen LogP contribution in [0.3, 0.4) is 0 Å². The summed E-state index contributed by atoms with van der Waals surface area (Å²) in [5.41, 5.74) is 1.35. The van der Waals surface area contributed by atoms with E-state index in [-0.39, 0.29) is 11.5 Å². The molecule has 0 aromatic heterocycles. The summed E-state index contributed by atoms with van der Waals surface area (Å²) in [4.78, 5) is 10.4. The minimum Gasteiger partial charge on any atom is -0.308 e. The van der Waals surface area contributed by atoms with Gasteiger partial charge in [0, 0.05) is 24.7 Å². The third-order valence-corrected chi connectivity index (χ3v) is 3.76.